The molecule has 28 heavy (non-hydrogen) atoms. The Kier molecular flexibility index (Phi) is 9.23. The fourth-order valence-corrected chi connectivity index (χ4v) is 2.19. The molecular weight excluding hydrogens is 372 g/mol. The Morgan fingerprint density at radius 3 is 2.46 bits per heavy atom. The molecule has 2 amide bonds. The highest BCUT2D eigenvalue weighted by Gasteiger charge is 2.21. The number of carbonyl (C=O) groups excluding carboxylic acids is 4. The molecule has 0 saturated carbocycles. The highest BCUT2D eigenvalue weighted by molar-refractivity contribution is 5.95. The van der Waals surface area contributed by atoms with Crippen LogP contribution in [0.1, 0.15) is 48.7 Å². The van der Waals surface area contributed by atoms with Gasteiger partial charge in [-0.3, -0.25) is 19.8 Å². The second-order valence-corrected chi connectivity index (χ2v) is 5.86. The number of aromatic nitrogens is 1. The molecule has 5 N–H and O–H groups in total. The Morgan fingerprint density at radius 2 is 1.93 bits per heavy atom. The van der Waals surface area contributed by atoms with Gasteiger partial charge in [0.1, 0.15) is 11.7 Å². The molecule has 0 unspecified atom stereocenters. The number of pyridine rings is 1. The smallest absolute Gasteiger partial charge is 0.364 e. The normalized spacial score (nSPS) is 11.2. The van der Waals surface area contributed by atoms with Gasteiger partial charge in [-0.1, -0.05) is 6.07 Å². The van der Waals surface area contributed by atoms with Gasteiger partial charge in [0.2, 0.25) is 11.8 Å². The maximum atomic E-state index is 11.9. The number of carbonyl (C=O) groups is 5. The molecule has 0 saturated heterocycles. The molecule has 0 fully saturated rings. The molecule has 0 bridgehead atoms. The third kappa shape index (κ3) is 8.36. The second kappa shape index (κ2) is 11.4. The van der Waals surface area contributed by atoms with Crippen molar-refractivity contribution in [3.63, 3.8) is 0 Å². The van der Waals surface area contributed by atoms with Crippen molar-refractivity contribution in [1.29, 1.82) is 0 Å². The molecule has 11 heteroatoms. The zero-order valence-corrected chi connectivity index (χ0v) is 15.3. The van der Waals surface area contributed by atoms with E-state index < -0.39 is 29.9 Å². The Labute approximate surface area is 160 Å². The predicted molar refractivity (Wildman–Crippen MR) is 94.4 cm³/mol. The van der Waals surface area contributed by atoms with E-state index in [2.05, 4.69) is 15.0 Å². The van der Waals surface area contributed by atoms with Gasteiger partial charge in [-0.25, -0.2) is 20.4 Å². The number of amides is 2. The van der Waals surface area contributed by atoms with Crippen LogP contribution in [0.2, 0.25) is 0 Å². The fourth-order valence-electron chi connectivity index (χ4n) is 2.19. The molecule has 0 aliphatic carbocycles. The minimum atomic E-state index is -1.30. The summed E-state index contributed by atoms with van der Waals surface area (Å²) in [4.78, 5) is 60.5. The molecule has 1 heterocycles. The van der Waals surface area contributed by atoms with Crippen LogP contribution in [0.15, 0.2) is 18.3 Å². The van der Waals surface area contributed by atoms with Crippen molar-refractivity contribution in [3.8, 4) is 0 Å². The minimum Gasteiger partial charge on any atom is -0.480 e. The number of hydrogen-bond donors (Lipinski definition) is 4. The molecule has 0 spiro atoms. The summed E-state index contributed by atoms with van der Waals surface area (Å²) in [5, 5.41) is 11.1. The third-order valence-electron chi connectivity index (χ3n) is 3.58. The molecule has 11 nitrogen and oxygen atoms in total. The number of rotatable bonds is 10. The number of carboxylic acid groups (broad SMARTS) is 1. The minimum absolute atomic E-state index is 0.0894. The first kappa shape index (κ1) is 22.7. The summed E-state index contributed by atoms with van der Waals surface area (Å²) in [5.41, 5.74) is 2.72. The number of carboxylic acids is 1. The van der Waals surface area contributed by atoms with Gasteiger partial charge in [-0.2, -0.15) is 0 Å². The predicted octanol–water partition coefficient (Wildman–Crippen LogP) is -0.553. The van der Waals surface area contributed by atoms with Crippen molar-refractivity contribution in [3.05, 3.63) is 29.6 Å². The molecule has 0 aliphatic rings. The number of aryl methyl sites for hydroxylation is 1. The van der Waals surface area contributed by atoms with Gasteiger partial charge in [0.25, 0.3) is 0 Å². The van der Waals surface area contributed by atoms with Crippen LogP contribution < -0.4 is 16.6 Å². The number of esters is 2. The number of nitrogens with one attached hydrogen (secondary N) is 2. The fraction of sp³-hybridized carbons (Fsp3) is 0.412. The van der Waals surface area contributed by atoms with Crippen LogP contribution in [0.25, 0.3) is 0 Å². The molecule has 1 rings (SSSR count). The molecule has 0 aliphatic heterocycles. The highest BCUT2D eigenvalue weighted by Crippen LogP contribution is 2.08. The van der Waals surface area contributed by atoms with E-state index in [0.717, 1.165) is 12.5 Å². The zero-order valence-electron chi connectivity index (χ0n) is 15.3. The van der Waals surface area contributed by atoms with E-state index in [9.17, 15) is 24.0 Å². The summed E-state index contributed by atoms with van der Waals surface area (Å²) in [6, 6.07) is 1.75. The highest BCUT2D eigenvalue weighted by atomic mass is 16.6. The van der Waals surface area contributed by atoms with Crippen molar-refractivity contribution >= 4 is 29.7 Å². The lowest BCUT2D eigenvalue weighted by Gasteiger charge is -2.12. The first-order chi connectivity index (χ1) is 13.2. The van der Waals surface area contributed by atoms with E-state index >= 15 is 0 Å². The molecule has 1 aromatic heterocycles. The summed E-state index contributed by atoms with van der Waals surface area (Å²) in [7, 11) is 0. The van der Waals surface area contributed by atoms with Gasteiger partial charge in [-0.05, 0) is 30.9 Å². The average Bonchev–Trinajstić information content (AvgIpc) is 2.64. The van der Waals surface area contributed by atoms with Gasteiger partial charge in [0.15, 0.2) is 0 Å². The topological polar surface area (TPSA) is 178 Å². The SMILES string of the molecule is CC(=O)N[C@@H](CCC(=O)OC(=O)c1ccc(CCCC(=O)NN)cn1)C(=O)O. The van der Waals surface area contributed by atoms with Crippen molar-refractivity contribution in [2.75, 3.05) is 0 Å². The molecule has 1 aromatic rings. The molecule has 1 atom stereocenters. The molecule has 152 valence electrons. The van der Waals surface area contributed by atoms with Crippen LogP contribution in [0.4, 0.5) is 0 Å². The van der Waals surface area contributed by atoms with Gasteiger partial charge in [0.05, 0.1) is 0 Å². The van der Waals surface area contributed by atoms with Crippen LogP contribution in [0.5, 0.6) is 0 Å². The standard InChI is InChI=1S/C17H22N4O7/c1-10(22)20-12(16(25)26)7-8-15(24)28-17(27)13-6-5-11(9-19-13)3-2-4-14(23)21-18/h5-6,9,12H,2-4,7-8,18H2,1H3,(H,20,22)(H,21,23)(H,25,26)/t12-/m0/s1. The average molecular weight is 394 g/mol. The molecule has 0 aromatic carbocycles. The van der Waals surface area contributed by atoms with Crippen LogP contribution in [-0.2, 0) is 30.3 Å². The lowest BCUT2D eigenvalue weighted by Crippen LogP contribution is -2.40. The maximum Gasteiger partial charge on any atom is 0.364 e. The van der Waals surface area contributed by atoms with Gasteiger partial charge < -0.3 is 15.2 Å². The number of hydrazine groups is 1. The number of ether oxygens (including phenoxy) is 1. The molecule has 0 radical (unpaired) electrons. The third-order valence-corrected chi connectivity index (χ3v) is 3.58. The summed E-state index contributed by atoms with van der Waals surface area (Å²) in [6.45, 7) is 1.15. The number of nitrogens with two attached hydrogens (primary N) is 1. The first-order valence-corrected chi connectivity index (χ1v) is 8.42. The quantitative estimate of drug-likeness (QED) is 0.133. The van der Waals surface area contributed by atoms with Crippen molar-refractivity contribution in [2.45, 2.75) is 45.1 Å². The first-order valence-electron chi connectivity index (χ1n) is 8.42. The van der Waals surface area contributed by atoms with Gasteiger partial charge >= 0.3 is 17.9 Å². The summed E-state index contributed by atoms with van der Waals surface area (Å²) in [6.07, 6.45) is 2.19. The van der Waals surface area contributed by atoms with Crippen molar-refractivity contribution < 1.29 is 33.8 Å². The maximum absolute atomic E-state index is 11.9. The van der Waals surface area contributed by atoms with Gasteiger partial charge in [0, 0.05) is 26.0 Å². The molecular formula is C17H22N4O7. The zero-order chi connectivity index (χ0) is 21.1. The van der Waals surface area contributed by atoms with E-state index in [1.165, 1.54) is 12.3 Å². The van der Waals surface area contributed by atoms with Crippen LogP contribution in [-0.4, -0.2) is 45.9 Å². The Bertz CT molecular complexity index is 734. The summed E-state index contributed by atoms with van der Waals surface area (Å²) in [5.74, 6) is 0.953. The van der Waals surface area contributed by atoms with E-state index in [4.69, 9.17) is 10.9 Å². The largest absolute Gasteiger partial charge is 0.480 e. The summed E-state index contributed by atoms with van der Waals surface area (Å²) >= 11 is 0. The van der Waals surface area contributed by atoms with Crippen LogP contribution in [0, 0.1) is 0 Å². The van der Waals surface area contributed by atoms with E-state index in [1.807, 2.05) is 5.43 Å². The van der Waals surface area contributed by atoms with E-state index in [1.54, 1.807) is 6.07 Å². The Hall–Kier alpha value is -3.34. The second-order valence-electron chi connectivity index (χ2n) is 5.86. The van der Waals surface area contributed by atoms with Crippen molar-refractivity contribution in [1.82, 2.24) is 15.7 Å². The van der Waals surface area contributed by atoms with Crippen LogP contribution >= 0.6 is 0 Å². The number of nitrogens with zero attached hydrogens (tertiary/aromatic N) is 1. The Balaban J connectivity index is 2.48. The van der Waals surface area contributed by atoms with Crippen molar-refractivity contribution in [2.24, 2.45) is 5.84 Å². The number of hydrogen-bond acceptors (Lipinski definition) is 8. The van der Waals surface area contributed by atoms with E-state index in [-0.39, 0.29) is 30.9 Å². The lowest BCUT2D eigenvalue weighted by atomic mass is 10.1. The number of aliphatic carboxylic acids is 1. The Morgan fingerprint density at radius 1 is 1.21 bits per heavy atom. The van der Waals surface area contributed by atoms with Crippen LogP contribution in [0.3, 0.4) is 0 Å². The van der Waals surface area contributed by atoms with E-state index in [0.29, 0.717) is 12.8 Å². The monoisotopic (exact) mass is 394 g/mol. The van der Waals surface area contributed by atoms with Gasteiger partial charge in [-0.15, -0.1) is 0 Å². The summed E-state index contributed by atoms with van der Waals surface area (Å²) < 4.78 is 4.63. The lowest BCUT2D eigenvalue weighted by molar-refractivity contribution is -0.143.